The molecule has 0 unspecified atom stereocenters. The summed E-state index contributed by atoms with van der Waals surface area (Å²) in [6.45, 7) is 9.20. The molecule has 166 valence electrons. The third kappa shape index (κ3) is 5.21. The zero-order chi connectivity index (χ0) is 22.1. The van der Waals surface area contributed by atoms with E-state index in [4.69, 9.17) is 4.74 Å². The minimum absolute atomic E-state index is 0.0743. The van der Waals surface area contributed by atoms with Gasteiger partial charge in [0.05, 0.1) is 0 Å². The van der Waals surface area contributed by atoms with Crippen molar-refractivity contribution in [1.29, 1.82) is 0 Å². The van der Waals surface area contributed by atoms with Crippen LogP contribution in [-0.4, -0.2) is 5.60 Å². The summed E-state index contributed by atoms with van der Waals surface area (Å²) in [7, 11) is 0. The lowest BCUT2D eigenvalue weighted by atomic mass is 9.76. The van der Waals surface area contributed by atoms with Crippen molar-refractivity contribution in [3.8, 4) is 0 Å². The van der Waals surface area contributed by atoms with Gasteiger partial charge in [-0.3, -0.25) is 0 Å². The molecule has 1 aliphatic rings. The normalized spacial score (nSPS) is 21.7. The van der Waals surface area contributed by atoms with Crippen LogP contribution in [0.25, 0.3) is 6.08 Å². The maximum atomic E-state index is 7.25. The van der Waals surface area contributed by atoms with E-state index >= 15 is 0 Å². The number of hydrogen-bond donors (Lipinski definition) is 0. The Morgan fingerprint density at radius 1 is 0.806 bits per heavy atom. The Labute approximate surface area is 190 Å². The molecule has 0 radical (unpaired) electrons. The minimum atomic E-state index is -0.276. The maximum Gasteiger partial charge on any atom is 0.112 e. The van der Waals surface area contributed by atoms with Crippen LogP contribution >= 0.6 is 0 Å². The van der Waals surface area contributed by atoms with E-state index in [1.165, 1.54) is 16.7 Å². The van der Waals surface area contributed by atoms with Gasteiger partial charge < -0.3 is 4.74 Å². The molecule has 3 rings (SSSR count). The van der Waals surface area contributed by atoms with Gasteiger partial charge in [-0.05, 0) is 53.5 Å². The van der Waals surface area contributed by atoms with Gasteiger partial charge in [-0.2, -0.15) is 0 Å². The molecule has 2 atom stereocenters. The highest BCUT2D eigenvalue weighted by Crippen LogP contribution is 2.53. The second kappa shape index (κ2) is 11.5. The van der Waals surface area contributed by atoms with Gasteiger partial charge in [0.1, 0.15) is 11.7 Å². The lowest BCUT2D eigenvalue weighted by Crippen LogP contribution is -2.34. The Morgan fingerprint density at radius 2 is 1.45 bits per heavy atom. The molecule has 0 saturated heterocycles. The Kier molecular flexibility index (Phi) is 8.72. The second-order valence-corrected chi connectivity index (χ2v) is 8.82. The Bertz CT molecular complexity index is 862. The van der Waals surface area contributed by atoms with Crippen LogP contribution in [0, 0.1) is 0 Å². The van der Waals surface area contributed by atoms with Gasteiger partial charge in [-0.15, -0.1) is 0 Å². The van der Waals surface area contributed by atoms with Crippen molar-refractivity contribution in [1.82, 2.24) is 0 Å². The zero-order valence-electron chi connectivity index (χ0n) is 20.0. The summed E-state index contributed by atoms with van der Waals surface area (Å²) in [4.78, 5) is 0. The molecule has 0 aliphatic carbocycles. The molecule has 31 heavy (non-hydrogen) atoms. The van der Waals surface area contributed by atoms with Crippen molar-refractivity contribution in [2.45, 2.75) is 90.8 Å². The fraction of sp³-hybridized carbons (Fsp3) is 0.467. The largest absolute Gasteiger partial charge is 0.354 e. The Hall–Kier alpha value is -2.12. The molecule has 1 heteroatoms. The van der Waals surface area contributed by atoms with E-state index in [9.17, 15) is 0 Å². The van der Waals surface area contributed by atoms with Crippen LogP contribution in [0.5, 0.6) is 0 Å². The van der Waals surface area contributed by atoms with Crippen molar-refractivity contribution in [2.24, 2.45) is 0 Å². The highest BCUT2D eigenvalue weighted by Gasteiger charge is 2.47. The number of rotatable bonds is 11. The molecule has 2 aromatic rings. The van der Waals surface area contributed by atoms with Gasteiger partial charge >= 0.3 is 0 Å². The van der Waals surface area contributed by atoms with Crippen LogP contribution in [0.3, 0.4) is 0 Å². The average molecular weight is 417 g/mol. The zero-order valence-corrected chi connectivity index (χ0v) is 20.0. The lowest BCUT2D eigenvalue weighted by Gasteiger charge is -2.36. The first-order chi connectivity index (χ1) is 15.2. The predicted octanol–water partition coefficient (Wildman–Crippen LogP) is 9.08. The topological polar surface area (TPSA) is 9.23 Å². The summed E-state index contributed by atoms with van der Waals surface area (Å²) in [5.41, 5.74) is 6.87. The third-order valence-corrected chi connectivity index (χ3v) is 6.41. The molecule has 0 saturated carbocycles. The van der Waals surface area contributed by atoms with Gasteiger partial charge in [0, 0.05) is 0 Å². The molecule has 0 bridgehead atoms. The molecule has 0 amide bonds. The summed E-state index contributed by atoms with van der Waals surface area (Å²) in [5, 5.41) is 0. The highest BCUT2D eigenvalue weighted by atomic mass is 16.5. The highest BCUT2D eigenvalue weighted by molar-refractivity contribution is 5.59. The predicted molar refractivity (Wildman–Crippen MR) is 134 cm³/mol. The van der Waals surface area contributed by atoms with E-state index < -0.39 is 0 Å². The van der Waals surface area contributed by atoms with E-state index in [1.54, 1.807) is 11.1 Å². The van der Waals surface area contributed by atoms with Crippen molar-refractivity contribution in [3.05, 3.63) is 88.5 Å². The third-order valence-electron chi connectivity index (χ3n) is 6.41. The Morgan fingerprint density at radius 3 is 2.03 bits per heavy atom. The summed E-state index contributed by atoms with van der Waals surface area (Å²) in [6.07, 6.45) is 11.4. The van der Waals surface area contributed by atoms with E-state index in [2.05, 4.69) is 94.4 Å². The SMILES string of the molecule is CCCC1=C(CCC)[C@](CCC)(/C(=C/c2ccccc2)CCC)O[C@H]1c1ccccc1. The molecule has 0 spiro atoms. The first-order valence-electron chi connectivity index (χ1n) is 12.4. The van der Waals surface area contributed by atoms with Crippen molar-refractivity contribution >= 4 is 6.08 Å². The minimum Gasteiger partial charge on any atom is -0.354 e. The molecule has 1 heterocycles. The van der Waals surface area contributed by atoms with Crippen LogP contribution in [0.2, 0.25) is 0 Å². The van der Waals surface area contributed by atoms with Crippen molar-refractivity contribution in [2.75, 3.05) is 0 Å². The van der Waals surface area contributed by atoms with Crippen molar-refractivity contribution < 1.29 is 4.74 Å². The molecule has 0 aromatic heterocycles. The first kappa shape index (κ1) is 23.5. The van der Waals surface area contributed by atoms with Crippen molar-refractivity contribution in [3.63, 3.8) is 0 Å². The number of benzene rings is 2. The van der Waals surface area contributed by atoms with E-state index in [-0.39, 0.29) is 11.7 Å². The first-order valence-corrected chi connectivity index (χ1v) is 12.4. The van der Waals surface area contributed by atoms with Crippen LogP contribution < -0.4 is 0 Å². The van der Waals surface area contributed by atoms with Gasteiger partial charge in [0.15, 0.2) is 0 Å². The maximum absolute atomic E-state index is 7.25. The summed E-state index contributed by atoms with van der Waals surface area (Å²) in [5.74, 6) is 0. The monoisotopic (exact) mass is 416 g/mol. The standard InChI is InChI=1S/C30H40O/c1-5-15-26(23-24-18-11-9-12-19-24)30(22-8-4)28(17-7-3)27(16-6-2)29(31-30)25-20-13-10-14-21-25/h9-14,18-21,23,29H,5-8,15-17,22H2,1-4H3/b26-23+/t29-,30-/m0/s1. The van der Waals surface area contributed by atoms with E-state index in [0.717, 1.165) is 51.4 Å². The van der Waals surface area contributed by atoms with E-state index in [0.29, 0.717) is 0 Å². The van der Waals surface area contributed by atoms with Gasteiger partial charge in [0.2, 0.25) is 0 Å². The van der Waals surface area contributed by atoms with Crippen LogP contribution in [0.4, 0.5) is 0 Å². The molecule has 0 N–H and O–H groups in total. The van der Waals surface area contributed by atoms with Gasteiger partial charge in [-0.25, -0.2) is 0 Å². The fourth-order valence-electron chi connectivity index (χ4n) is 5.22. The van der Waals surface area contributed by atoms with Crippen LogP contribution in [-0.2, 0) is 4.74 Å². The quantitative estimate of drug-likeness (QED) is 0.332. The Balaban J connectivity index is 2.20. The number of hydrogen-bond acceptors (Lipinski definition) is 1. The summed E-state index contributed by atoms with van der Waals surface area (Å²) < 4.78 is 7.25. The molecule has 2 aromatic carbocycles. The van der Waals surface area contributed by atoms with Crippen LogP contribution in [0.15, 0.2) is 77.4 Å². The smallest absolute Gasteiger partial charge is 0.112 e. The molecule has 1 aliphatic heterocycles. The fourth-order valence-corrected chi connectivity index (χ4v) is 5.22. The van der Waals surface area contributed by atoms with Gasteiger partial charge in [-0.1, -0.05) is 120 Å². The summed E-state index contributed by atoms with van der Waals surface area (Å²) in [6, 6.07) is 21.7. The van der Waals surface area contributed by atoms with Crippen LogP contribution in [0.1, 0.15) is 96.3 Å². The number of ether oxygens (including phenoxy) is 1. The van der Waals surface area contributed by atoms with Gasteiger partial charge in [0.25, 0.3) is 0 Å². The molecular formula is C30H40O. The summed E-state index contributed by atoms with van der Waals surface area (Å²) >= 11 is 0. The molecular weight excluding hydrogens is 376 g/mol. The second-order valence-electron chi connectivity index (χ2n) is 8.82. The average Bonchev–Trinajstić information content (AvgIpc) is 3.10. The molecule has 1 nitrogen and oxygen atoms in total. The van der Waals surface area contributed by atoms with E-state index in [1.807, 2.05) is 0 Å². The lowest BCUT2D eigenvalue weighted by molar-refractivity contribution is -0.0173. The molecule has 0 fully saturated rings.